The number of aliphatic hydroxyl groups is 2. The molecule has 1 spiro atoms. The zero-order valence-corrected chi connectivity index (χ0v) is 12.8. The van der Waals surface area contributed by atoms with Crippen LogP contribution in [0.15, 0.2) is 0 Å². The van der Waals surface area contributed by atoms with E-state index in [0.717, 1.165) is 38.5 Å². The third-order valence-electron chi connectivity index (χ3n) is 5.25. The van der Waals surface area contributed by atoms with Gasteiger partial charge in [0.1, 0.15) is 6.10 Å². The fraction of sp³-hybridized carbons (Fsp3) is 0.882. The molecule has 0 aromatic rings. The number of hydrogen-bond acceptors (Lipinski definition) is 4. The molecule has 1 saturated heterocycles. The first-order valence-corrected chi connectivity index (χ1v) is 8.31. The van der Waals surface area contributed by atoms with Crippen LogP contribution in [0, 0.1) is 29.6 Å². The molecular formula is C17H26O4. The molecule has 5 atom stereocenters. The maximum Gasteiger partial charge on any atom is 0.172 e. The van der Waals surface area contributed by atoms with Gasteiger partial charge in [-0.25, -0.2) is 0 Å². The molecule has 1 aliphatic heterocycles. The van der Waals surface area contributed by atoms with E-state index in [4.69, 9.17) is 9.47 Å². The van der Waals surface area contributed by atoms with Crippen molar-refractivity contribution < 1.29 is 19.7 Å². The predicted molar refractivity (Wildman–Crippen MR) is 78.3 cm³/mol. The SMILES string of the molecule is CCCCCC(O)C#CC1CC2C(CC23OCCO3)C1O. The lowest BCUT2D eigenvalue weighted by Gasteiger charge is -2.48. The van der Waals surface area contributed by atoms with Crippen LogP contribution in [-0.4, -0.2) is 41.4 Å². The second-order valence-corrected chi connectivity index (χ2v) is 6.62. The molecule has 4 heteroatoms. The van der Waals surface area contributed by atoms with Gasteiger partial charge in [-0.2, -0.15) is 0 Å². The van der Waals surface area contributed by atoms with Gasteiger partial charge in [-0.1, -0.05) is 31.6 Å². The molecule has 118 valence electrons. The Kier molecular flexibility index (Phi) is 4.56. The van der Waals surface area contributed by atoms with E-state index in [1.54, 1.807) is 0 Å². The highest BCUT2D eigenvalue weighted by Crippen LogP contribution is 2.58. The molecular weight excluding hydrogens is 268 g/mol. The Morgan fingerprint density at radius 1 is 1.29 bits per heavy atom. The maximum atomic E-state index is 10.4. The lowest BCUT2D eigenvalue weighted by atomic mass is 9.69. The molecule has 3 fully saturated rings. The summed E-state index contributed by atoms with van der Waals surface area (Å²) >= 11 is 0. The Bertz CT molecular complexity index is 418. The van der Waals surface area contributed by atoms with Crippen LogP contribution in [0.3, 0.4) is 0 Å². The van der Waals surface area contributed by atoms with Gasteiger partial charge in [0, 0.05) is 18.3 Å². The summed E-state index contributed by atoms with van der Waals surface area (Å²) in [5.74, 6) is 6.07. The van der Waals surface area contributed by atoms with Crippen molar-refractivity contribution in [2.45, 2.75) is 63.4 Å². The molecule has 3 aliphatic rings. The van der Waals surface area contributed by atoms with Gasteiger partial charge in [0.05, 0.1) is 19.3 Å². The first-order chi connectivity index (χ1) is 10.2. The summed E-state index contributed by atoms with van der Waals surface area (Å²) in [6.45, 7) is 3.46. The van der Waals surface area contributed by atoms with Crippen LogP contribution in [0.5, 0.6) is 0 Å². The van der Waals surface area contributed by atoms with E-state index in [0.29, 0.717) is 13.2 Å². The minimum atomic E-state index is -0.560. The Hall–Kier alpha value is -0.600. The van der Waals surface area contributed by atoms with Gasteiger partial charge in [-0.15, -0.1) is 0 Å². The van der Waals surface area contributed by atoms with Gasteiger partial charge >= 0.3 is 0 Å². The molecule has 3 rings (SSSR count). The van der Waals surface area contributed by atoms with E-state index < -0.39 is 18.0 Å². The van der Waals surface area contributed by atoms with Crippen molar-refractivity contribution in [1.29, 1.82) is 0 Å². The van der Waals surface area contributed by atoms with Crippen molar-refractivity contribution in [2.24, 2.45) is 17.8 Å². The van der Waals surface area contributed by atoms with Gasteiger partial charge in [0.2, 0.25) is 0 Å². The van der Waals surface area contributed by atoms with E-state index in [2.05, 4.69) is 18.8 Å². The van der Waals surface area contributed by atoms with Crippen molar-refractivity contribution in [3.05, 3.63) is 0 Å². The van der Waals surface area contributed by atoms with Crippen LogP contribution in [0.25, 0.3) is 0 Å². The molecule has 0 radical (unpaired) electrons. The third-order valence-corrected chi connectivity index (χ3v) is 5.25. The normalized spacial score (nSPS) is 37.7. The molecule has 2 saturated carbocycles. The van der Waals surface area contributed by atoms with Crippen LogP contribution in [0.4, 0.5) is 0 Å². The smallest absolute Gasteiger partial charge is 0.172 e. The molecule has 1 heterocycles. The van der Waals surface area contributed by atoms with E-state index in [1.165, 1.54) is 0 Å². The Morgan fingerprint density at radius 2 is 2.05 bits per heavy atom. The average molecular weight is 294 g/mol. The number of fused-ring (bicyclic) bond motifs is 2. The maximum absolute atomic E-state index is 10.4. The van der Waals surface area contributed by atoms with Crippen molar-refractivity contribution >= 4 is 0 Å². The van der Waals surface area contributed by atoms with Crippen molar-refractivity contribution in [3.63, 3.8) is 0 Å². The van der Waals surface area contributed by atoms with E-state index in [1.807, 2.05) is 0 Å². The average Bonchev–Trinajstić information content (AvgIpc) is 3.04. The molecule has 0 amide bonds. The minimum absolute atomic E-state index is 0.0481. The molecule has 4 nitrogen and oxygen atoms in total. The summed E-state index contributed by atoms with van der Waals surface area (Å²) in [5.41, 5.74) is 0. The standard InChI is InChI=1S/C17H26O4/c1-2-3-4-5-13(18)7-6-12-10-15-14(16(12)19)11-17(15)20-8-9-21-17/h12-16,18-19H,2-5,8-11H2,1H3. The Labute approximate surface area is 126 Å². The summed E-state index contributed by atoms with van der Waals surface area (Å²) < 4.78 is 11.5. The van der Waals surface area contributed by atoms with Gasteiger partial charge in [-0.05, 0) is 25.2 Å². The molecule has 0 aromatic carbocycles. The second kappa shape index (κ2) is 6.26. The van der Waals surface area contributed by atoms with Crippen molar-refractivity contribution in [2.75, 3.05) is 13.2 Å². The van der Waals surface area contributed by atoms with E-state index in [-0.39, 0.29) is 17.8 Å². The lowest BCUT2D eigenvalue weighted by Crippen LogP contribution is -2.54. The highest BCUT2D eigenvalue weighted by Gasteiger charge is 2.64. The number of unbranched alkanes of at least 4 members (excludes halogenated alkanes) is 2. The molecule has 0 bridgehead atoms. The summed E-state index contributed by atoms with van der Waals surface area (Å²) in [7, 11) is 0. The molecule has 21 heavy (non-hydrogen) atoms. The zero-order valence-electron chi connectivity index (χ0n) is 12.8. The van der Waals surface area contributed by atoms with Crippen molar-refractivity contribution in [1.82, 2.24) is 0 Å². The number of aliphatic hydroxyl groups excluding tert-OH is 2. The fourth-order valence-electron chi connectivity index (χ4n) is 4.02. The summed E-state index contributed by atoms with van der Waals surface area (Å²) in [4.78, 5) is 0. The molecule has 2 aliphatic carbocycles. The highest BCUT2D eigenvalue weighted by atomic mass is 16.7. The lowest BCUT2D eigenvalue weighted by molar-refractivity contribution is -0.275. The van der Waals surface area contributed by atoms with Crippen molar-refractivity contribution in [3.8, 4) is 11.8 Å². The summed E-state index contributed by atoms with van der Waals surface area (Å²) in [6, 6.07) is 0. The number of rotatable bonds is 4. The fourth-order valence-corrected chi connectivity index (χ4v) is 4.02. The zero-order chi connectivity index (χ0) is 14.9. The largest absolute Gasteiger partial charge is 0.392 e. The molecule has 5 unspecified atom stereocenters. The van der Waals surface area contributed by atoms with Gasteiger partial charge in [0.25, 0.3) is 0 Å². The molecule has 0 aromatic heterocycles. The van der Waals surface area contributed by atoms with Crippen LogP contribution in [0.2, 0.25) is 0 Å². The van der Waals surface area contributed by atoms with Gasteiger partial charge < -0.3 is 19.7 Å². The van der Waals surface area contributed by atoms with E-state index in [9.17, 15) is 10.2 Å². The van der Waals surface area contributed by atoms with Gasteiger partial charge in [0.15, 0.2) is 5.79 Å². The van der Waals surface area contributed by atoms with E-state index >= 15 is 0 Å². The topological polar surface area (TPSA) is 58.9 Å². The van der Waals surface area contributed by atoms with Crippen LogP contribution >= 0.6 is 0 Å². The predicted octanol–water partition coefficient (Wildman–Crippen LogP) is 1.69. The first-order valence-electron chi connectivity index (χ1n) is 8.31. The Balaban J connectivity index is 1.53. The first kappa shape index (κ1) is 15.3. The molecule has 2 N–H and O–H groups in total. The monoisotopic (exact) mass is 294 g/mol. The van der Waals surface area contributed by atoms with Crippen LogP contribution in [-0.2, 0) is 9.47 Å². The summed E-state index contributed by atoms with van der Waals surface area (Å²) in [6.07, 6.45) is 4.66. The minimum Gasteiger partial charge on any atom is -0.392 e. The number of ether oxygens (including phenoxy) is 2. The summed E-state index contributed by atoms with van der Waals surface area (Å²) in [5, 5.41) is 20.2. The Morgan fingerprint density at radius 3 is 2.76 bits per heavy atom. The van der Waals surface area contributed by atoms with Crippen LogP contribution in [0.1, 0.15) is 45.4 Å². The van der Waals surface area contributed by atoms with Gasteiger partial charge in [-0.3, -0.25) is 0 Å². The second-order valence-electron chi connectivity index (χ2n) is 6.62. The highest BCUT2D eigenvalue weighted by molar-refractivity contribution is 5.18. The number of hydrogen-bond donors (Lipinski definition) is 2. The third kappa shape index (κ3) is 2.85. The quantitative estimate of drug-likeness (QED) is 0.612. The van der Waals surface area contributed by atoms with Crippen LogP contribution < -0.4 is 0 Å².